The van der Waals surface area contributed by atoms with Crippen molar-refractivity contribution < 1.29 is 9.21 Å². The second-order valence-corrected chi connectivity index (χ2v) is 5.70. The van der Waals surface area contributed by atoms with Crippen molar-refractivity contribution in [1.29, 1.82) is 0 Å². The van der Waals surface area contributed by atoms with Crippen LogP contribution in [0.3, 0.4) is 0 Å². The number of likely N-dealkylation sites (tertiary alicyclic amines) is 1. The van der Waals surface area contributed by atoms with Gasteiger partial charge in [-0.3, -0.25) is 9.69 Å². The van der Waals surface area contributed by atoms with E-state index < -0.39 is 0 Å². The number of anilines is 1. The molecule has 112 valence electrons. The van der Waals surface area contributed by atoms with Gasteiger partial charge in [0.25, 0.3) is 0 Å². The summed E-state index contributed by atoms with van der Waals surface area (Å²) in [4.78, 5) is 20.4. The Hall–Kier alpha value is -2.08. The number of nitrogens with two attached hydrogens (primary N) is 1. The van der Waals surface area contributed by atoms with E-state index in [-0.39, 0.29) is 11.9 Å². The summed E-state index contributed by atoms with van der Waals surface area (Å²) in [6.45, 7) is 1.45. The SMILES string of the molecule is CN(C)C(=O)C1CCCN1Cc1nc2ccc(N)cc2o1. The monoisotopic (exact) mass is 288 g/mol. The van der Waals surface area contributed by atoms with Crippen LogP contribution >= 0.6 is 0 Å². The number of amides is 1. The van der Waals surface area contributed by atoms with Crippen LogP contribution in [0.5, 0.6) is 0 Å². The Kier molecular flexibility index (Phi) is 3.55. The molecule has 1 unspecified atom stereocenters. The second kappa shape index (κ2) is 5.37. The van der Waals surface area contributed by atoms with E-state index in [1.807, 2.05) is 12.1 Å². The summed E-state index contributed by atoms with van der Waals surface area (Å²) in [6, 6.07) is 5.37. The van der Waals surface area contributed by atoms with Gasteiger partial charge >= 0.3 is 0 Å². The van der Waals surface area contributed by atoms with Gasteiger partial charge in [0.05, 0.1) is 12.6 Å². The number of likely N-dealkylation sites (N-methyl/N-ethyl adjacent to an activating group) is 1. The van der Waals surface area contributed by atoms with Gasteiger partial charge in [0.2, 0.25) is 11.8 Å². The minimum atomic E-state index is -0.0694. The summed E-state index contributed by atoms with van der Waals surface area (Å²) >= 11 is 0. The molecule has 1 aliphatic heterocycles. The Labute approximate surface area is 123 Å². The van der Waals surface area contributed by atoms with Crippen molar-refractivity contribution in [1.82, 2.24) is 14.8 Å². The molecule has 6 nitrogen and oxygen atoms in total. The second-order valence-electron chi connectivity index (χ2n) is 5.70. The first kappa shape index (κ1) is 13.9. The van der Waals surface area contributed by atoms with Crippen LogP contribution in [0.25, 0.3) is 11.1 Å². The molecule has 0 bridgehead atoms. The summed E-state index contributed by atoms with van der Waals surface area (Å²) in [5.41, 5.74) is 7.90. The van der Waals surface area contributed by atoms with E-state index in [0.29, 0.717) is 23.7 Å². The van der Waals surface area contributed by atoms with E-state index in [0.717, 1.165) is 24.9 Å². The van der Waals surface area contributed by atoms with Gasteiger partial charge in [0, 0.05) is 25.8 Å². The average Bonchev–Trinajstić information content (AvgIpc) is 3.03. The lowest BCUT2D eigenvalue weighted by Crippen LogP contribution is -2.42. The van der Waals surface area contributed by atoms with Gasteiger partial charge < -0.3 is 15.1 Å². The topological polar surface area (TPSA) is 75.6 Å². The Morgan fingerprint density at radius 2 is 2.33 bits per heavy atom. The van der Waals surface area contributed by atoms with E-state index >= 15 is 0 Å². The molecule has 1 saturated heterocycles. The van der Waals surface area contributed by atoms with Gasteiger partial charge in [-0.1, -0.05) is 0 Å². The van der Waals surface area contributed by atoms with Crippen LogP contribution in [0.4, 0.5) is 5.69 Å². The fourth-order valence-corrected chi connectivity index (χ4v) is 2.82. The first-order chi connectivity index (χ1) is 10.0. The zero-order valence-corrected chi connectivity index (χ0v) is 12.4. The summed E-state index contributed by atoms with van der Waals surface area (Å²) in [5.74, 6) is 0.780. The minimum absolute atomic E-state index is 0.0694. The summed E-state index contributed by atoms with van der Waals surface area (Å²) < 4.78 is 5.74. The molecule has 1 aromatic heterocycles. The van der Waals surface area contributed by atoms with Gasteiger partial charge in [0.15, 0.2) is 5.58 Å². The summed E-state index contributed by atoms with van der Waals surface area (Å²) in [5, 5.41) is 0. The lowest BCUT2D eigenvalue weighted by atomic mass is 10.2. The third-order valence-electron chi connectivity index (χ3n) is 3.88. The standard InChI is InChI=1S/C15H20N4O2/c1-18(2)15(20)12-4-3-7-19(12)9-14-17-11-6-5-10(16)8-13(11)21-14/h5-6,8,12H,3-4,7,9,16H2,1-2H3. The van der Waals surface area contributed by atoms with Crippen LogP contribution in [0, 0.1) is 0 Å². The molecule has 0 aliphatic carbocycles. The van der Waals surface area contributed by atoms with E-state index in [1.165, 1.54) is 0 Å². The maximum absolute atomic E-state index is 12.2. The number of fused-ring (bicyclic) bond motifs is 1. The Morgan fingerprint density at radius 1 is 1.52 bits per heavy atom. The van der Waals surface area contributed by atoms with E-state index in [2.05, 4.69) is 9.88 Å². The highest BCUT2D eigenvalue weighted by atomic mass is 16.3. The van der Waals surface area contributed by atoms with Gasteiger partial charge in [-0.2, -0.15) is 0 Å². The number of nitrogen functional groups attached to an aromatic ring is 1. The van der Waals surface area contributed by atoms with Crippen molar-refractivity contribution in [3.05, 3.63) is 24.1 Å². The smallest absolute Gasteiger partial charge is 0.239 e. The van der Waals surface area contributed by atoms with Crippen LogP contribution in [-0.2, 0) is 11.3 Å². The van der Waals surface area contributed by atoms with Crippen molar-refractivity contribution >= 4 is 22.7 Å². The molecule has 2 N–H and O–H groups in total. The minimum Gasteiger partial charge on any atom is -0.439 e. The van der Waals surface area contributed by atoms with E-state index in [9.17, 15) is 4.79 Å². The van der Waals surface area contributed by atoms with Gasteiger partial charge in [-0.25, -0.2) is 4.98 Å². The number of hydrogen-bond acceptors (Lipinski definition) is 5. The highest BCUT2D eigenvalue weighted by Crippen LogP contribution is 2.24. The molecule has 2 aromatic rings. The largest absolute Gasteiger partial charge is 0.439 e. The van der Waals surface area contributed by atoms with Crippen LogP contribution in [0.15, 0.2) is 22.6 Å². The molecule has 3 rings (SSSR count). The molecule has 0 saturated carbocycles. The van der Waals surface area contributed by atoms with Gasteiger partial charge in [0.1, 0.15) is 5.52 Å². The Morgan fingerprint density at radius 3 is 3.10 bits per heavy atom. The van der Waals surface area contributed by atoms with E-state index in [4.69, 9.17) is 10.2 Å². The first-order valence-corrected chi connectivity index (χ1v) is 7.15. The van der Waals surface area contributed by atoms with Crippen molar-refractivity contribution in [2.75, 3.05) is 26.4 Å². The molecule has 2 heterocycles. The van der Waals surface area contributed by atoms with Crippen molar-refractivity contribution in [2.45, 2.75) is 25.4 Å². The molecule has 1 aliphatic rings. The summed E-state index contributed by atoms with van der Waals surface area (Å²) in [7, 11) is 3.59. The van der Waals surface area contributed by atoms with Crippen LogP contribution in [0.1, 0.15) is 18.7 Å². The van der Waals surface area contributed by atoms with Crippen molar-refractivity contribution in [2.24, 2.45) is 0 Å². The van der Waals surface area contributed by atoms with E-state index in [1.54, 1.807) is 25.1 Å². The molecule has 6 heteroatoms. The molecule has 1 aromatic carbocycles. The number of carbonyl (C=O) groups excluding carboxylic acids is 1. The van der Waals surface area contributed by atoms with Crippen LogP contribution < -0.4 is 5.73 Å². The predicted molar refractivity (Wildman–Crippen MR) is 80.5 cm³/mol. The molecule has 1 atom stereocenters. The fourth-order valence-electron chi connectivity index (χ4n) is 2.82. The number of aromatic nitrogens is 1. The molecular weight excluding hydrogens is 268 g/mol. The third-order valence-corrected chi connectivity index (χ3v) is 3.88. The zero-order valence-electron chi connectivity index (χ0n) is 12.4. The summed E-state index contributed by atoms with van der Waals surface area (Å²) in [6.07, 6.45) is 1.92. The molecule has 0 radical (unpaired) electrons. The highest BCUT2D eigenvalue weighted by Gasteiger charge is 2.32. The van der Waals surface area contributed by atoms with Crippen molar-refractivity contribution in [3.63, 3.8) is 0 Å². The third kappa shape index (κ3) is 2.71. The number of nitrogens with zero attached hydrogens (tertiary/aromatic N) is 3. The Balaban J connectivity index is 1.79. The maximum atomic E-state index is 12.2. The maximum Gasteiger partial charge on any atom is 0.239 e. The number of oxazole rings is 1. The number of carbonyl (C=O) groups is 1. The molecule has 0 spiro atoms. The highest BCUT2D eigenvalue weighted by molar-refractivity contribution is 5.81. The first-order valence-electron chi connectivity index (χ1n) is 7.15. The van der Waals surface area contributed by atoms with Crippen LogP contribution in [-0.4, -0.2) is 47.4 Å². The molecule has 21 heavy (non-hydrogen) atoms. The number of hydrogen-bond donors (Lipinski definition) is 1. The lowest BCUT2D eigenvalue weighted by Gasteiger charge is -2.24. The molecule has 1 fully saturated rings. The zero-order chi connectivity index (χ0) is 15.0. The van der Waals surface area contributed by atoms with Crippen LogP contribution in [0.2, 0.25) is 0 Å². The van der Waals surface area contributed by atoms with Crippen molar-refractivity contribution in [3.8, 4) is 0 Å². The quantitative estimate of drug-likeness (QED) is 0.865. The van der Waals surface area contributed by atoms with Gasteiger partial charge in [-0.05, 0) is 31.5 Å². The average molecular weight is 288 g/mol. The lowest BCUT2D eigenvalue weighted by molar-refractivity contribution is -0.133. The number of benzene rings is 1. The fraction of sp³-hybridized carbons (Fsp3) is 0.467. The Bertz CT molecular complexity index is 665. The predicted octanol–water partition coefficient (Wildman–Crippen LogP) is 1.46. The molecule has 1 amide bonds. The molecular formula is C15H20N4O2. The number of rotatable bonds is 3. The normalized spacial score (nSPS) is 19.2. The van der Waals surface area contributed by atoms with Gasteiger partial charge in [-0.15, -0.1) is 0 Å².